The standard InChI is InChI=1S/C22H17ClN4O3S/c23-17-8-2-1-5-16(17)13-26-20(11-12-24-26)25-21(28)14-27-18-9-3-6-15-7-4-10-19(22(15)18)31(27,29)30/h1-12H,13-14H2,(H,25,28). The molecule has 2 heterocycles. The summed E-state index contributed by atoms with van der Waals surface area (Å²) in [6.07, 6.45) is 1.57. The first-order valence-corrected chi connectivity index (χ1v) is 11.4. The van der Waals surface area contributed by atoms with Gasteiger partial charge >= 0.3 is 0 Å². The highest BCUT2D eigenvalue weighted by Gasteiger charge is 2.36. The first kappa shape index (κ1) is 19.6. The zero-order valence-corrected chi connectivity index (χ0v) is 17.8. The maximum absolute atomic E-state index is 13.1. The number of carbonyl (C=O) groups is 1. The van der Waals surface area contributed by atoms with Gasteiger partial charge in [-0.2, -0.15) is 5.10 Å². The van der Waals surface area contributed by atoms with Crippen molar-refractivity contribution in [1.29, 1.82) is 0 Å². The summed E-state index contributed by atoms with van der Waals surface area (Å²) in [6, 6.07) is 19.5. The van der Waals surface area contributed by atoms with Crippen LogP contribution in [0.3, 0.4) is 0 Å². The van der Waals surface area contributed by atoms with E-state index in [4.69, 9.17) is 11.6 Å². The molecule has 1 aliphatic rings. The number of halogens is 1. The Labute approximate surface area is 183 Å². The Morgan fingerprint density at radius 3 is 2.58 bits per heavy atom. The van der Waals surface area contributed by atoms with Gasteiger partial charge < -0.3 is 5.32 Å². The van der Waals surface area contributed by atoms with E-state index in [1.54, 1.807) is 47.3 Å². The Morgan fingerprint density at radius 1 is 1.00 bits per heavy atom. The third-order valence-corrected chi connectivity index (χ3v) is 7.40. The topological polar surface area (TPSA) is 84.3 Å². The molecule has 0 bridgehead atoms. The lowest BCUT2D eigenvalue weighted by molar-refractivity contribution is -0.114. The van der Waals surface area contributed by atoms with Crippen LogP contribution in [0.5, 0.6) is 0 Å². The number of hydrogen-bond acceptors (Lipinski definition) is 4. The fourth-order valence-electron chi connectivity index (χ4n) is 3.79. The van der Waals surface area contributed by atoms with Crippen molar-refractivity contribution in [1.82, 2.24) is 9.78 Å². The lowest BCUT2D eigenvalue weighted by Crippen LogP contribution is -2.36. The van der Waals surface area contributed by atoms with E-state index in [0.29, 0.717) is 28.5 Å². The molecule has 156 valence electrons. The molecule has 0 atom stereocenters. The number of hydrogen-bond donors (Lipinski definition) is 1. The van der Waals surface area contributed by atoms with E-state index >= 15 is 0 Å². The van der Waals surface area contributed by atoms with Crippen molar-refractivity contribution >= 4 is 49.8 Å². The molecule has 0 aliphatic carbocycles. The molecule has 0 saturated heterocycles. The van der Waals surface area contributed by atoms with Gasteiger partial charge in [-0.1, -0.05) is 54.1 Å². The lowest BCUT2D eigenvalue weighted by Gasteiger charge is -2.18. The number of nitrogens with one attached hydrogen (secondary N) is 1. The van der Waals surface area contributed by atoms with Crippen LogP contribution in [-0.2, 0) is 21.4 Å². The molecule has 1 N–H and O–H groups in total. The molecule has 1 amide bonds. The predicted octanol–water partition coefficient (Wildman–Crippen LogP) is 3.89. The van der Waals surface area contributed by atoms with Gasteiger partial charge in [-0.15, -0.1) is 0 Å². The minimum Gasteiger partial charge on any atom is -0.309 e. The van der Waals surface area contributed by atoms with Crippen molar-refractivity contribution < 1.29 is 13.2 Å². The molecular formula is C22H17ClN4O3S. The predicted molar refractivity (Wildman–Crippen MR) is 120 cm³/mol. The quantitative estimate of drug-likeness (QED) is 0.498. The van der Waals surface area contributed by atoms with Crippen molar-refractivity contribution in [3.05, 3.63) is 83.5 Å². The molecule has 1 aromatic heterocycles. The maximum atomic E-state index is 13.1. The Hall–Kier alpha value is -3.36. The van der Waals surface area contributed by atoms with Gasteiger partial charge in [0.05, 0.1) is 23.3 Å². The second-order valence-electron chi connectivity index (χ2n) is 7.16. The normalized spacial score (nSPS) is 14.2. The molecule has 1 aliphatic heterocycles. The second kappa shape index (κ2) is 7.40. The number of carbonyl (C=O) groups excluding carboxylic acids is 1. The minimum atomic E-state index is -3.80. The molecule has 5 rings (SSSR count). The summed E-state index contributed by atoms with van der Waals surface area (Å²) in [5, 5.41) is 9.07. The number of benzene rings is 3. The highest BCUT2D eigenvalue weighted by molar-refractivity contribution is 7.93. The van der Waals surface area contributed by atoms with Crippen LogP contribution in [0.2, 0.25) is 5.02 Å². The van der Waals surface area contributed by atoms with E-state index in [1.807, 2.05) is 30.3 Å². The molecule has 9 heteroatoms. The number of aromatic nitrogens is 2. The van der Waals surface area contributed by atoms with E-state index in [2.05, 4.69) is 10.4 Å². The molecule has 4 aromatic rings. The average molecular weight is 453 g/mol. The molecule has 0 radical (unpaired) electrons. The number of sulfonamides is 1. The summed E-state index contributed by atoms with van der Waals surface area (Å²) in [7, 11) is -3.80. The number of amides is 1. The maximum Gasteiger partial charge on any atom is 0.265 e. The minimum absolute atomic E-state index is 0.220. The molecular weight excluding hydrogens is 436 g/mol. The van der Waals surface area contributed by atoms with Gasteiger partial charge in [-0.05, 0) is 29.1 Å². The van der Waals surface area contributed by atoms with Gasteiger partial charge in [-0.25, -0.2) is 13.1 Å². The van der Waals surface area contributed by atoms with E-state index in [-0.39, 0.29) is 11.4 Å². The van der Waals surface area contributed by atoms with E-state index in [9.17, 15) is 13.2 Å². The van der Waals surface area contributed by atoms with Crippen LogP contribution in [0.1, 0.15) is 5.56 Å². The molecule has 31 heavy (non-hydrogen) atoms. The smallest absolute Gasteiger partial charge is 0.265 e. The molecule has 7 nitrogen and oxygen atoms in total. The van der Waals surface area contributed by atoms with Gasteiger partial charge in [0, 0.05) is 16.5 Å². The highest BCUT2D eigenvalue weighted by Crippen LogP contribution is 2.41. The Morgan fingerprint density at radius 2 is 1.77 bits per heavy atom. The van der Waals surface area contributed by atoms with Gasteiger partial charge in [0.15, 0.2) is 0 Å². The molecule has 0 saturated carbocycles. The van der Waals surface area contributed by atoms with Crippen LogP contribution < -0.4 is 9.62 Å². The Kier molecular flexibility index (Phi) is 4.68. The average Bonchev–Trinajstić information content (AvgIpc) is 3.27. The summed E-state index contributed by atoms with van der Waals surface area (Å²) in [6.45, 7) is 0.0302. The largest absolute Gasteiger partial charge is 0.309 e. The fourth-order valence-corrected chi connectivity index (χ4v) is 5.66. The SMILES string of the molecule is O=C(CN1c2cccc3cccc(c23)S1(=O)=O)Nc1ccnn1Cc1ccccc1Cl. The van der Waals surface area contributed by atoms with Crippen LogP contribution in [-0.4, -0.2) is 30.7 Å². The van der Waals surface area contributed by atoms with Crippen LogP contribution in [0.15, 0.2) is 77.8 Å². The zero-order valence-electron chi connectivity index (χ0n) is 16.2. The van der Waals surface area contributed by atoms with Crippen molar-refractivity contribution in [2.24, 2.45) is 0 Å². The van der Waals surface area contributed by atoms with Crippen LogP contribution in [0, 0.1) is 0 Å². The molecule has 0 fully saturated rings. The van der Waals surface area contributed by atoms with E-state index in [0.717, 1.165) is 15.3 Å². The first-order valence-electron chi connectivity index (χ1n) is 9.55. The van der Waals surface area contributed by atoms with Crippen molar-refractivity contribution in [2.45, 2.75) is 11.4 Å². The number of anilines is 2. The molecule has 0 unspecified atom stereocenters. The molecule has 0 spiro atoms. The third-order valence-electron chi connectivity index (χ3n) is 5.23. The second-order valence-corrected chi connectivity index (χ2v) is 9.39. The zero-order chi connectivity index (χ0) is 21.6. The monoisotopic (exact) mass is 452 g/mol. The number of nitrogens with zero attached hydrogens (tertiary/aromatic N) is 3. The third kappa shape index (κ3) is 3.34. The van der Waals surface area contributed by atoms with E-state index < -0.39 is 15.9 Å². The van der Waals surface area contributed by atoms with Crippen molar-refractivity contribution in [2.75, 3.05) is 16.2 Å². The summed E-state index contributed by atoms with van der Waals surface area (Å²) < 4.78 is 28.9. The van der Waals surface area contributed by atoms with Crippen molar-refractivity contribution in [3.8, 4) is 0 Å². The van der Waals surface area contributed by atoms with Crippen LogP contribution in [0.4, 0.5) is 11.5 Å². The Balaban J connectivity index is 1.39. The molecule has 3 aromatic carbocycles. The van der Waals surface area contributed by atoms with Gasteiger partial charge in [-0.3, -0.25) is 9.10 Å². The Bertz CT molecular complexity index is 1430. The summed E-state index contributed by atoms with van der Waals surface area (Å²) in [4.78, 5) is 13.0. The summed E-state index contributed by atoms with van der Waals surface area (Å²) in [5.41, 5.74) is 1.36. The lowest BCUT2D eigenvalue weighted by atomic mass is 10.1. The summed E-state index contributed by atoms with van der Waals surface area (Å²) >= 11 is 6.22. The van der Waals surface area contributed by atoms with Gasteiger partial charge in [0.2, 0.25) is 5.91 Å². The van der Waals surface area contributed by atoms with E-state index in [1.165, 1.54) is 0 Å². The number of rotatable bonds is 5. The van der Waals surface area contributed by atoms with Gasteiger partial charge in [0.25, 0.3) is 10.0 Å². The van der Waals surface area contributed by atoms with Gasteiger partial charge in [0.1, 0.15) is 12.4 Å². The fraction of sp³-hybridized carbons (Fsp3) is 0.0909. The van der Waals surface area contributed by atoms with Crippen molar-refractivity contribution in [3.63, 3.8) is 0 Å². The first-order chi connectivity index (χ1) is 14.9. The highest BCUT2D eigenvalue weighted by atomic mass is 35.5. The summed E-state index contributed by atoms with van der Waals surface area (Å²) in [5.74, 6) is -0.00784. The van der Waals surface area contributed by atoms with Crippen LogP contribution in [0.25, 0.3) is 10.8 Å². The van der Waals surface area contributed by atoms with Crippen LogP contribution >= 0.6 is 11.6 Å².